The van der Waals surface area contributed by atoms with Gasteiger partial charge in [0.2, 0.25) is 0 Å². The van der Waals surface area contributed by atoms with Crippen LogP contribution in [0.4, 0.5) is 0 Å². The monoisotopic (exact) mass is 254 g/mol. The Morgan fingerprint density at radius 1 is 1.44 bits per heavy atom. The highest BCUT2D eigenvalue weighted by atomic mass is 16.5. The lowest BCUT2D eigenvalue weighted by Crippen LogP contribution is -2.42. The van der Waals surface area contributed by atoms with Crippen molar-refractivity contribution in [3.05, 3.63) is 0 Å². The summed E-state index contributed by atoms with van der Waals surface area (Å²) in [5.74, 6) is -0.848. The lowest BCUT2D eigenvalue weighted by atomic mass is 9.88. The SMILES string of the molecule is CCOC(=O)C(C)(C)C(=O)CN(C)CC(C)C#N. The van der Waals surface area contributed by atoms with Crippen LogP contribution in [0.1, 0.15) is 27.7 Å². The van der Waals surface area contributed by atoms with Crippen LogP contribution in [0.2, 0.25) is 0 Å². The Kier molecular flexibility index (Phi) is 6.56. The Morgan fingerprint density at radius 3 is 2.44 bits per heavy atom. The van der Waals surface area contributed by atoms with E-state index in [4.69, 9.17) is 10.00 Å². The van der Waals surface area contributed by atoms with E-state index in [0.29, 0.717) is 6.54 Å². The first kappa shape index (κ1) is 16.6. The van der Waals surface area contributed by atoms with Gasteiger partial charge in [0, 0.05) is 6.54 Å². The number of ketones is 1. The molecule has 0 spiro atoms. The van der Waals surface area contributed by atoms with Gasteiger partial charge in [-0.2, -0.15) is 5.26 Å². The first-order valence-corrected chi connectivity index (χ1v) is 6.04. The summed E-state index contributed by atoms with van der Waals surface area (Å²) in [4.78, 5) is 25.4. The van der Waals surface area contributed by atoms with Crippen LogP contribution in [0.5, 0.6) is 0 Å². The summed E-state index contributed by atoms with van der Waals surface area (Å²) in [7, 11) is 1.76. The van der Waals surface area contributed by atoms with Crippen LogP contribution in [-0.4, -0.2) is 43.4 Å². The molecule has 0 aromatic rings. The van der Waals surface area contributed by atoms with E-state index in [1.807, 2.05) is 0 Å². The van der Waals surface area contributed by atoms with Gasteiger partial charge in [-0.3, -0.25) is 14.5 Å². The topological polar surface area (TPSA) is 70.4 Å². The number of esters is 1. The molecule has 0 rings (SSSR count). The Hall–Kier alpha value is -1.41. The molecular weight excluding hydrogens is 232 g/mol. The highest BCUT2D eigenvalue weighted by Gasteiger charge is 2.37. The maximum absolute atomic E-state index is 12.0. The molecule has 0 aromatic heterocycles. The molecule has 0 amide bonds. The van der Waals surface area contributed by atoms with Crippen molar-refractivity contribution in [3.8, 4) is 6.07 Å². The highest BCUT2D eigenvalue weighted by molar-refractivity contribution is 6.03. The minimum Gasteiger partial charge on any atom is -0.465 e. The number of nitriles is 1. The van der Waals surface area contributed by atoms with Crippen molar-refractivity contribution in [3.63, 3.8) is 0 Å². The molecule has 5 nitrogen and oxygen atoms in total. The molecule has 0 bridgehead atoms. The predicted molar refractivity (Wildman–Crippen MR) is 67.7 cm³/mol. The first-order valence-electron chi connectivity index (χ1n) is 6.04. The molecule has 0 N–H and O–H groups in total. The van der Waals surface area contributed by atoms with Gasteiger partial charge in [0.25, 0.3) is 0 Å². The fourth-order valence-corrected chi connectivity index (χ4v) is 1.44. The number of carbonyl (C=O) groups excluding carboxylic acids is 2. The van der Waals surface area contributed by atoms with E-state index in [-0.39, 0.29) is 24.9 Å². The molecule has 18 heavy (non-hydrogen) atoms. The van der Waals surface area contributed by atoms with Crippen molar-refractivity contribution < 1.29 is 14.3 Å². The number of likely N-dealkylation sites (N-methyl/N-ethyl adjacent to an activating group) is 1. The average Bonchev–Trinajstić information content (AvgIpc) is 2.28. The van der Waals surface area contributed by atoms with Crippen LogP contribution in [0.25, 0.3) is 0 Å². The van der Waals surface area contributed by atoms with E-state index < -0.39 is 11.4 Å². The van der Waals surface area contributed by atoms with E-state index in [1.165, 1.54) is 0 Å². The van der Waals surface area contributed by atoms with Gasteiger partial charge in [-0.15, -0.1) is 0 Å². The lowest BCUT2D eigenvalue weighted by molar-refractivity contribution is -0.158. The van der Waals surface area contributed by atoms with Crippen molar-refractivity contribution in [1.29, 1.82) is 5.26 Å². The molecule has 0 heterocycles. The van der Waals surface area contributed by atoms with Crippen molar-refractivity contribution in [2.45, 2.75) is 27.7 Å². The summed E-state index contributed by atoms with van der Waals surface area (Å²) < 4.78 is 4.88. The zero-order valence-electron chi connectivity index (χ0n) is 11.8. The van der Waals surface area contributed by atoms with Crippen LogP contribution in [0.3, 0.4) is 0 Å². The molecule has 0 aliphatic carbocycles. The maximum Gasteiger partial charge on any atom is 0.319 e. The van der Waals surface area contributed by atoms with Crippen LogP contribution in [-0.2, 0) is 14.3 Å². The van der Waals surface area contributed by atoms with Gasteiger partial charge in [0.1, 0.15) is 5.41 Å². The normalized spacial score (nSPS) is 12.9. The molecule has 0 aliphatic rings. The third-order valence-electron chi connectivity index (χ3n) is 2.70. The molecule has 102 valence electrons. The Bertz CT molecular complexity index is 345. The Balaban J connectivity index is 4.48. The molecule has 0 aliphatic heterocycles. The summed E-state index contributed by atoms with van der Waals surface area (Å²) in [6.45, 7) is 7.52. The lowest BCUT2D eigenvalue weighted by Gasteiger charge is -2.24. The number of nitrogens with zero attached hydrogens (tertiary/aromatic N) is 2. The Morgan fingerprint density at radius 2 is 2.00 bits per heavy atom. The van der Waals surface area contributed by atoms with Gasteiger partial charge >= 0.3 is 5.97 Å². The van der Waals surface area contributed by atoms with Crippen molar-refractivity contribution in [2.75, 3.05) is 26.7 Å². The smallest absolute Gasteiger partial charge is 0.319 e. The Labute approximate surface area is 109 Å². The van der Waals surface area contributed by atoms with E-state index >= 15 is 0 Å². The minimum atomic E-state index is -1.14. The van der Waals surface area contributed by atoms with Gasteiger partial charge < -0.3 is 4.74 Å². The largest absolute Gasteiger partial charge is 0.465 e. The molecule has 5 heteroatoms. The van der Waals surface area contributed by atoms with Crippen LogP contribution >= 0.6 is 0 Å². The zero-order chi connectivity index (χ0) is 14.3. The second kappa shape index (κ2) is 7.12. The van der Waals surface area contributed by atoms with E-state index in [2.05, 4.69) is 6.07 Å². The summed E-state index contributed by atoms with van der Waals surface area (Å²) in [6, 6.07) is 2.11. The van der Waals surface area contributed by atoms with Gasteiger partial charge in [0.05, 0.1) is 25.1 Å². The molecule has 0 fully saturated rings. The molecule has 0 radical (unpaired) electrons. The number of ether oxygens (including phenoxy) is 1. The molecule has 0 aromatic carbocycles. The van der Waals surface area contributed by atoms with E-state index in [1.54, 1.807) is 39.6 Å². The summed E-state index contributed by atoms with van der Waals surface area (Å²) in [5.41, 5.74) is -1.14. The van der Waals surface area contributed by atoms with Crippen LogP contribution in [0, 0.1) is 22.7 Å². The average molecular weight is 254 g/mol. The molecule has 0 saturated heterocycles. The van der Waals surface area contributed by atoms with Gasteiger partial charge in [-0.25, -0.2) is 0 Å². The quantitative estimate of drug-likeness (QED) is 0.505. The van der Waals surface area contributed by atoms with E-state index in [9.17, 15) is 9.59 Å². The summed E-state index contributed by atoms with van der Waals surface area (Å²) >= 11 is 0. The van der Waals surface area contributed by atoms with Gasteiger partial charge in [-0.05, 0) is 34.7 Å². The summed E-state index contributed by atoms with van der Waals surface area (Å²) in [5, 5.41) is 8.70. The predicted octanol–water partition coefficient (Wildman–Crippen LogP) is 1.24. The van der Waals surface area contributed by atoms with Crippen LogP contribution in [0.15, 0.2) is 0 Å². The zero-order valence-corrected chi connectivity index (χ0v) is 11.8. The van der Waals surface area contributed by atoms with Crippen molar-refractivity contribution in [2.24, 2.45) is 11.3 Å². The number of rotatable bonds is 7. The second-order valence-corrected chi connectivity index (χ2v) is 5.00. The minimum absolute atomic E-state index is 0.137. The number of hydrogen-bond donors (Lipinski definition) is 0. The standard InChI is InChI=1S/C13H22N2O3/c1-6-18-12(17)13(3,4)11(16)9-15(5)8-10(2)7-14/h10H,6,8-9H2,1-5H3. The summed E-state index contributed by atoms with van der Waals surface area (Å²) in [6.07, 6.45) is 0. The first-order chi connectivity index (χ1) is 8.25. The van der Waals surface area contributed by atoms with Crippen molar-refractivity contribution >= 4 is 11.8 Å². The molecule has 1 unspecified atom stereocenters. The van der Waals surface area contributed by atoms with E-state index in [0.717, 1.165) is 0 Å². The number of hydrogen-bond acceptors (Lipinski definition) is 5. The highest BCUT2D eigenvalue weighted by Crippen LogP contribution is 2.19. The maximum atomic E-state index is 12.0. The van der Waals surface area contributed by atoms with Crippen LogP contribution < -0.4 is 0 Å². The fourth-order valence-electron chi connectivity index (χ4n) is 1.44. The fraction of sp³-hybridized carbons (Fsp3) is 0.769. The van der Waals surface area contributed by atoms with Crippen molar-refractivity contribution in [1.82, 2.24) is 4.90 Å². The number of carbonyl (C=O) groups is 2. The van der Waals surface area contributed by atoms with Gasteiger partial charge in [0.15, 0.2) is 5.78 Å². The molecule has 1 atom stereocenters. The third-order valence-corrected chi connectivity index (χ3v) is 2.70. The second-order valence-electron chi connectivity index (χ2n) is 5.00. The molecular formula is C13H22N2O3. The van der Waals surface area contributed by atoms with Gasteiger partial charge in [-0.1, -0.05) is 0 Å². The molecule has 0 saturated carbocycles. The third kappa shape index (κ3) is 4.84. The number of Topliss-reactive ketones (excluding diaryl/α,β-unsaturated/α-hetero) is 1.